The number of hydrogen-bond donors (Lipinski definition) is 0. The molecule has 0 aromatic rings. The number of ether oxygens (including phenoxy) is 3. The van der Waals surface area contributed by atoms with Gasteiger partial charge in [-0.2, -0.15) is 0 Å². The average Bonchev–Trinajstić information content (AvgIpc) is 3.43. The Labute approximate surface area is 244 Å². The summed E-state index contributed by atoms with van der Waals surface area (Å²) in [5.41, 5.74) is 8.93. The first-order valence-corrected chi connectivity index (χ1v) is 14.9. The molecule has 0 N–H and O–H groups in total. The van der Waals surface area contributed by atoms with E-state index in [0.29, 0.717) is 0 Å². The van der Waals surface area contributed by atoms with E-state index in [1.54, 1.807) is 13.8 Å². The molecule has 1 fully saturated rings. The fourth-order valence-electron chi connectivity index (χ4n) is 7.59. The molecule has 0 aromatic heterocycles. The SMILES string of the molecule is CCOC(=O)C1=C(C(=O)OCC)[C@@H]2O[C@H]1C1=C3C=C(C(C)(C)C)C=C4C=CC5=CC(C(C)(C)C)=CC(=C12)[C@@]5(C)[C@@]43C. The van der Waals surface area contributed by atoms with Crippen LogP contribution in [0.25, 0.3) is 0 Å². The third-order valence-electron chi connectivity index (χ3n) is 10.1. The summed E-state index contributed by atoms with van der Waals surface area (Å²) in [7, 11) is 0. The number of allylic oxidation sites excluding steroid dienone is 12. The first kappa shape index (κ1) is 28.0. The maximum Gasteiger partial charge on any atom is 0.337 e. The summed E-state index contributed by atoms with van der Waals surface area (Å²) in [6, 6.07) is 0. The lowest BCUT2D eigenvalue weighted by atomic mass is 9.43. The molecule has 1 saturated heterocycles. The van der Waals surface area contributed by atoms with E-state index < -0.39 is 35.0 Å². The van der Waals surface area contributed by atoms with Gasteiger partial charge >= 0.3 is 11.9 Å². The monoisotopic (exact) mass is 554 g/mol. The van der Waals surface area contributed by atoms with Crippen molar-refractivity contribution in [3.63, 3.8) is 0 Å². The fourth-order valence-corrected chi connectivity index (χ4v) is 7.59. The molecular weight excluding hydrogens is 512 g/mol. The van der Waals surface area contributed by atoms with Crippen LogP contribution < -0.4 is 0 Å². The minimum absolute atomic E-state index is 0.0862. The largest absolute Gasteiger partial charge is 0.463 e. The summed E-state index contributed by atoms with van der Waals surface area (Å²) in [5, 5.41) is 0. The van der Waals surface area contributed by atoms with E-state index in [1.165, 1.54) is 33.4 Å². The minimum atomic E-state index is -0.694. The molecule has 4 atom stereocenters. The lowest BCUT2D eigenvalue weighted by Crippen LogP contribution is -2.51. The topological polar surface area (TPSA) is 61.8 Å². The molecule has 6 aliphatic rings. The predicted molar refractivity (Wildman–Crippen MR) is 160 cm³/mol. The maximum atomic E-state index is 13.5. The molecule has 2 aliphatic heterocycles. The van der Waals surface area contributed by atoms with Crippen molar-refractivity contribution in [1.82, 2.24) is 0 Å². The number of hydrogen-bond acceptors (Lipinski definition) is 5. The van der Waals surface area contributed by atoms with Crippen molar-refractivity contribution in [2.24, 2.45) is 21.7 Å². The van der Waals surface area contributed by atoms with E-state index in [1.807, 2.05) is 0 Å². The predicted octanol–water partition coefficient (Wildman–Crippen LogP) is 7.20. The Kier molecular flexibility index (Phi) is 5.91. The summed E-state index contributed by atoms with van der Waals surface area (Å²) < 4.78 is 17.7. The number of rotatable bonds is 4. The highest BCUT2D eigenvalue weighted by Crippen LogP contribution is 2.71. The van der Waals surface area contributed by atoms with E-state index in [2.05, 4.69) is 91.8 Å². The molecular formula is C36H42O5. The number of carbonyl (C=O) groups is 2. The summed E-state index contributed by atoms with van der Waals surface area (Å²) in [5.74, 6) is -1.02. The number of fused-ring (bicyclic) bond motifs is 5. The fraction of sp³-hybridized carbons (Fsp3) is 0.500. The van der Waals surface area contributed by atoms with E-state index in [-0.39, 0.29) is 35.2 Å². The standard InChI is InChI=1S/C36H42O5/c1-11-39-31(37)27-28(32(38)40-12-2)30-26-24-18-22(34(6,7)8)16-20-14-13-19-15-21(33(3,4)5)17-23(25(26)29(27)41-30)35(19,9)36(20,24)10/h13-18,29-30H,11-12H2,1-10H3/t29-,30+,35-,36-/m0/s1. The van der Waals surface area contributed by atoms with Crippen molar-refractivity contribution < 1.29 is 23.8 Å². The number of esters is 2. The molecule has 2 heterocycles. The Hall–Kier alpha value is -3.18. The molecule has 0 spiro atoms. The van der Waals surface area contributed by atoms with Gasteiger partial charge in [-0.3, -0.25) is 0 Å². The van der Waals surface area contributed by atoms with Crippen molar-refractivity contribution in [3.8, 4) is 0 Å². The first-order chi connectivity index (χ1) is 19.1. The van der Waals surface area contributed by atoms with Crippen molar-refractivity contribution in [1.29, 1.82) is 0 Å². The van der Waals surface area contributed by atoms with Crippen molar-refractivity contribution in [2.45, 2.75) is 81.4 Å². The van der Waals surface area contributed by atoms with Gasteiger partial charge < -0.3 is 14.2 Å². The van der Waals surface area contributed by atoms with Crippen LogP contribution in [0.15, 0.2) is 92.2 Å². The Morgan fingerprint density at radius 3 is 1.39 bits per heavy atom. The Bertz CT molecular complexity index is 1440. The zero-order valence-corrected chi connectivity index (χ0v) is 26.1. The molecule has 4 aliphatic carbocycles. The Morgan fingerprint density at radius 2 is 1.07 bits per heavy atom. The highest BCUT2D eigenvalue weighted by atomic mass is 16.6. The summed E-state index contributed by atoms with van der Waals surface area (Å²) in [6.07, 6.45) is 12.5. The molecule has 0 aromatic carbocycles. The van der Waals surface area contributed by atoms with E-state index >= 15 is 0 Å². The van der Waals surface area contributed by atoms with Gasteiger partial charge in [-0.1, -0.05) is 91.8 Å². The molecule has 5 heteroatoms. The molecule has 216 valence electrons. The molecule has 0 radical (unpaired) electrons. The van der Waals surface area contributed by atoms with Crippen LogP contribution in [0.5, 0.6) is 0 Å². The zero-order valence-electron chi connectivity index (χ0n) is 26.1. The Morgan fingerprint density at radius 1 is 0.707 bits per heavy atom. The summed E-state index contributed by atoms with van der Waals surface area (Å²) in [6.45, 7) is 22.0. The molecule has 2 bridgehead atoms. The van der Waals surface area contributed by atoms with E-state index in [9.17, 15) is 9.59 Å². The normalized spacial score (nSPS) is 31.4. The van der Waals surface area contributed by atoms with Gasteiger partial charge in [-0.05, 0) is 69.3 Å². The van der Waals surface area contributed by atoms with Crippen LogP contribution in [-0.2, 0) is 23.8 Å². The minimum Gasteiger partial charge on any atom is -0.463 e. The zero-order chi connectivity index (χ0) is 29.9. The van der Waals surface area contributed by atoms with Gasteiger partial charge in [0, 0.05) is 10.8 Å². The van der Waals surface area contributed by atoms with Gasteiger partial charge in [-0.15, -0.1) is 0 Å². The average molecular weight is 555 g/mol. The van der Waals surface area contributed by atoms with Crippen molar-refractivity contribution in [3.05, 3.63) is 92.2 Å². The number of carbonyl (C=O) groups excluding carboxylic acids is 2. The van der Waals surface area contributed by atoms with Gasteiger partial charge in [0.05, 0.1) is 24.4 Å². The van der Waals surface area contributed by atoms with Crippen LogP contribution >= 0.6 is 0 Å². The van der Waals surface area contributed by atoms with Crippen molar-refractivity contribution >= 4 is 11.9 Å². The summed E-state index contributed by atoms with van der Waals surface area (Å²) >= 11 is 0. The molecule has 5 nitrogen and oxygen atoms in total. The Balaban J connectivity index is 1.75. The highest BCUT2D eigenvalue weighted by molar-refractivity contribution is 6.06. The highest BCUT2D eigenvalue weighted by Gasteiger charge is 2.65. The van der Waals surface area contributed by atoms with Crippen molar-refractivity contribution in [2.75, 3.05) is 13.2 Å². The quantitative estimate of drug-likeness (QED) is 0.344. The molecule has 0 saturated carbocycles. The van der Waals surface area contributed by atoms with Gasteiger partial charge in [0.15, 0.2) is 0 Å². The second kappa shape index (κ2) is 8.67. The third-order valence-corrected chi connectivity index (χ3v) is 10.1. The molecule has 6 rings (SSSR count). The molecule has 0 unspecified atom stereocenters. The second-order valence-electron chi connectivity index (χ2n) is 14.3. The van der Waals surface area contributed by atoms with Crippen LogP contribution in [0.2, 0.25) is 0 Å². The van der Waals surface area contributed by atoms with Gasteiger partial charge in [-0.25, -0.2) is 9.59 Å². The first-order valence-electron chi connectivity index (χ1n) is 14.9. The molecule has 41 heavy (non-hydrogen) atoms. The van der Waals surface area contributed by atoms with Gasteiger partial charge in [0.25, 0.3) is 0 Å². The van der Waals surface area contributed by atoms with E-state index in [4.69, 9.17) is 14.2 Å². The van der Waals surface area contributed by atoms with Gasteiger partial charge in [0.1, 0.15) is 12.2 Å². The lowest BCUT2D eigenvalue weighted by Gasteiger charge is -2.59. The van der Waals surface area contributed by atoms with Crippen LogP contribution in [0.3, 0.4) is 0 Å². The summed E-state index contributed by atoms with van der Waals surface area (Å²) in [4.78, 5) is 27.0. The van der Waals surface area contributed by atoms with Crippen LogP contribution in [0.1, 0.15) is 69.2 Å². The lowest BCUT2D eigenvalue weighted by molar-refractivity contribution is -0.141. The second-order valence-corrected chi connectivity index (χ2v) is 14.3. The van der Waals surface area contributed by atoms with Crippen LogP contribution in [-0.4, -0.2) is 37.4 Å². The van der Waals surface area contributed by atoms with E-state index in [0.717, 1.165) is 11.1 Å². The molecule has 0 amide bonds. The van der Waals surface area contributed by atoms with Crippen LogP contribution in [0.4, 0.5) is 0 Å². The smallest absolute Gasteiger partial charge is 0.337 e. The van der Waals surface area contributed by atoms with Crippen LogP contribution in [0, 0.1) is 21.7 Å². The van der Waals surface area contributed by atoms with Gasteiger partial charge in [0.2, 0.25) is 0 Å². The third kappa shape index (κ3) is 3.51. The maximum absolute atomic E-state index is 13.5.